The number of nitrogens with one attached hydrogen (secondary N) is 2. The fourth-order valence-corrected chi connectivity index (χ4v) is 3.89. The number of carbonyl (C=O) groups is 2. The number of benzene rings is 2. The van der Waals surface area contributed by atoms with Crippen molar-refractivity contribution >= 4 is 40.9 Å². The molecule has 3 aromatic rings. The second-order valence-corrected chi connectivity index (χ2v) is 9.18. The molecule has 0 fully saturated rings. The highest BCUT2D eigenvalue weighted by molar-refractivity contribution is 7.99. The Morgan fingerprint density at radius 3 is 2.34 bits per heavy atom. The number of halogens is 1. The van der Waals surface area contributed by atoms with Crippen molar-refractivity contribution in [1.82, 2.24) is 20.1 Å². The van der Waals surface area contributed by atoms with Gasteiger partial charge in [-0.2, -0.15) is 0 Å². The van der Waals surface area contributed by atoms with Gasteiger partial charge in [-0.1, -0.05) is 54.9 Å². The zero-order valence-corrected chi connectivity index (χ0v) is 20.0. The first-order valence-electron chi connectivity index (χ1n) is 10.2. The fraction of sp³-hybridized carbons (Fsp3) is 0.304. The van der Waals surface area contributed by atoms with Gasteiger partial charge in [0.15, 0.2) is 11.0 Å². The van der Waals surface area contributed by atoms with Crippen molar-refractivity contribution < 1.29 is 9.59 Å². The Labute approximate surface area is 197 Å². The second-order valence-electron chi connectivity index (χ2n) is 7.80. The van der Waals surface area contributed by atoms with Gasteiger partial charge in [-0.15, -0.1) is 10.2 Å². The molecular formula is C23H26ClN5O2S. The van der Waals surface area contributed by atoms with Crippen LogP contribution in [0.15, 0.2) is 53.7 Å². The molecule has 168 valence electrons. The molecule has 3 rings (SSSR count). The van der Waals surface area contributed by atoms with Gasteiger partial charge >= 0.3 is 0 Å². The van der Waals surface area contributed by atoms with Crippen molar-refractivity contribution in [1.29, 1.82) is 0 Å². The number of nitrogens with zero attached hydrogens (tertiary/aromatic N) is 3. The summed E-state index contributed by atoms with van der Waals surface area (Å²) in [4.78, 5) is 25.0. The minimum Gasteiger partial charge on any atom is -0.342 e. The van der Waals surface area contributed by atoms with E-state index in [-0.39, 0.29) is 29.5 Å². The average Bonchev–Trinajstić information content (AvgIpc) is 3.12. The summed E-state index contributed by atoms with van der Waals surface area (Å²) in [7, 11) is 1.83. The van der Waals surface area contributed by atoms with Crippen LogP contribution in [0.4, 0.5) is 5.69 Å². The Bertz CT molecular complexity index is 1080. The summed E-state index contributed by atoms with van der Waals surface area (Å²) in [6, 6.07) is 14.0. The highest BCUT2D eigenvalue weighted by Crippen LogP contribution is 2.25. The first-order valence-corrected chi connectivity index (χ1v) is 11.6. The molecule has 2 aromatic carbocycles. The first-order chi connectivity index (χ1) is 15.2. The summed E-state index contributed by atoms with van der Waals surface area (Å²) in [6.45, 7) is 6.00. The molecule has 1 heterocycles. The number of anilines is 1. The van der Waals surface area contributed by atoms with Gasteiger partial charge in [0.1, 0.15) is 0 Å². The Kier molecular flexibility index (Phi) is 7.93. The number of aromatic nitrogens is 3. The van der Waals surface area contributed by atoms with Crippen molar-refractivity contribution in [2.75, 3.05) is 11.1 Å². The van der Waals surface area contributed by atoms with Gasteiger partial charge in [-0.25, -0.2) is 0 Å². The van der Waals surface area contributed by atoms with Crippen molar-refractivity contribution in [3.63, 3.8) is 0 Å². The zero-order chi connectivity index (χ0) is 23.3. The van der Waals surface area contributed by atoms with E-state index >= 15 is 0 Å². The quantitative estimate of drug-likeness (QED) is 0.467. The molecule has 0 aliphatic rings. The van der Waals surface area contributed by atoms with Crippen LogP contribution in [0.5, 0.6) is 0 Å². The summed E-state index contributed by atoms with van der Waals surface area (Å²) in [6.07, 6.45) is 0. The molecule has 0 saturated carbocycles. The van der Waals surface area contributed by atoms with Crippen LogP contribution in [0.25, 0.3) is 0 Å². The first kappa shape index (κ1) is 23.8. The van der Waals surface area contributed by atoms with Crippen LogP contribution in [-0.4, -0.2) is 32.3 Å². The molecule has 0 bridgehead atoms. The molecular weight excluding hydrogens is 446 g/mol. The summed E-state index contributed by atoms with van der Waals surface area (Å²) in [5.74, 6) is 0.569. The molecule has 0 aliphatic carbocycles. The van der Waals surface area contributed by atoms with Crippen LogP contribution in [0, 0.1) is 12.8 Å². The summed E-state index contributed by atoms with van der Waals surface area (Å²) >= 11 is 7.21. The van der Waals surface area contributed by atoms with E-state index in [1.807, 2.05) is 56.7 Å². The SMILES string of the molecule is Cc1ccc(NC(=O)CSc2nnc([C@@H](NC(=O)c3ccc(Cl)cc3)C(C)C)n2C)cc1. The lowest BCUT2D eigenvalue weighted by atomic mass is 10.0. The van der Waals surface area contributed by atoms with Crippen molar-refractivity contribution in [3.8, 4) is 0 Å². The van der Waals surface area contributed by atoms with Gasteiger partial charge in [0.2, 0.25) is 5.91 Å². The fourth-order valence-electron chi connectivity index (χ4n) is 3.04. The molecule has 0 unspecified atom stereocenters. The molecule has 0 aliphatic heterocycles. The third kappa shape index (κ3) is 6.11. The molecule has 7 nitrogen and oxygen atoms in total. The molecule has 0 spiro atoms. The standard InChI is InChI=1S/C23H26ClN5O2S/c1-14(2)20(26-22(31)16-7-9-17(24)10-8-16)21-27-28-23(29(21)4)32-13-19(30)25-18-11-5-15(3)6-12-18/h5-12,14,20H,13H2,1-4H3,(H,25,30)(H,26,31)/t20-/m0/s1. The Hall–Kier alpha value is -2.84. The van der Waals surface area contributed by atoms with Crippen LogP contribution in [0.3, 0.4) is 0 Å². The number of hydrogen-bond acceptors (Lipinski definition) is 5. The monoisotopic (exact) mass is 471 g/mol. The maximum absolute atomic E-state index is 12.7. The topological polar surface area (TPSA) is 88.9 Å². The van der Waals surface area contributed by atoms with Gasteiger partial charge in [0.05, 0.1) is 11.8 Å². The molecule has 0 saturated heterocycles. The van der Waals surface area contributed by atoms with Crippen LogP contribution in [0.2, 0.25) is 5.02 Å². The van der Waals surface area contributed by atoms with E-state index in [2.05, 4.69) is 20.8 Å². The normalized spacial score (nSPS) is 11.9. The van der Waals surface area contributed by atoms with E-state index < -0.39 is 0 Å². The summed E-state index contributed by atoms with van der Waals surface area (Å²) in [5.41, 5.74) is 2.40. The predicted octanol–water partition coefficient (Wildman–Crippen LogP) is 4.63. The number of rotatable bonds is 8. The number of carbonyl (C=O) groups excluding carboxylic acids is 2. The number of aryl methyl sites for hydroxylation is 1. The van der Waals surface area contributed by atoms with E-state index in [9.17, 15) is 9.59 Å². The van der Waals surface area contributed by atoms with E-state index in [1.54, 1.807) is 24.3 Å². The average molecular weight is 472 g/mol. The van der Waals surface area contributed by atoms with E-state index in [4.69, 9.17) is 11.6 Å². The summed E-state index contributed by atoms with van der Waals surface area (Å²) < 4.78 is 1.82. The lowest BCUT2D eigenvalue weighted by molar-refractivity contribution is -0.113. The van der Waals surface area contributed by atoms with Crippen LogP contribution < -0.4 is 10.6 Å². The van der Waals surface area contributed by atoms with Gasteiger partial charge in [-0.05, 0) is 49.2 Å². The number of hydrogen-bond donors (Lipinski definition) is 2. The Morgan fingerprint density at radius 2 is 1.72 bits per heavy atom. The van der Waals surface area contributed by atoms with Gasteiger partial charge < -0.3 is 15.2 Å². The van der Waals surface area contributed by atoms with Gasteiger partial charge in [0, 0.05) is 23.3 Å². The lowest BCUT2D eigenvalue weighted by Gasteiger charge is -2.21. The highest BCUT2D eigenvalue weighted by atomic mass is 35.5. The van der Waals surface area contributed by atoms with Crippen LogP contribution in [-0.2, 0) is 11.8 Å². The van der Waals surface area contributed by atoms with Crippen LogP contribution in [0.1, 0.15) is 41.6 Å². The minimum atomic E-state index is -0.341. The molecule has 2 N–H and O–H groups in total. The molecule has 2 amide bonds. The van der Waals surface area contributed by atoms with Gasteiger partial charge in [0.25, 0.3) is 5.91 Å². The molecule has 1 aromatic heterocycles. The molecule has 32 heavy (non-hydrogen) atoms. The van der Waals surface area contributed by atoms with Crippen molar-refractivity contribution in [2.45, 2.75) is 32.0 Å². The smallest absolute Gasteiger partial charge is 0.251 e. The zero-order valence-electron chi connectivity index (χ0n) is 18.4. The van der Waals surface area contributed by atoms with E-state index in [0.29, 0.717) is 21.6 Å². The molecule has 1 atom stereocenters. The molecule has 9 heteroatoms. The minimum absolute atomic E-state index is 0.0804. The van der Waals surface area contributed by atoms with Crippen molar-refractivity contribution in [3.05, 3.63) is 70.5 Å². The maximum Gasteiger partial charge on any atom is 0.251 e. The number of thioether (sulfide) groups is 1. The lowest BCUT2D eigenvalue weighted by Crippen LogP contribution is -2.33. The van der Waals surface area contributed by atoms with Gasteiger partial charge in [-0.3, -0.25) is 9.59 Å². The van der Waals surface area contributed by atoms with Crippen LogP contribution >= 0.6 is 23.4 Å². The van der Waals surface area contributed by atoms with E-state index in [1.165, 1.54) is 11.8 Å². The summed E-state index contributed by atoms with van der Waals surface area (Å²) in [5, 5.41) is 15.6. The third-order valence-electron chi connectivity index (χ3n) is 4.87. The largest absolute Gasteiger partial charge is 0.342 e. The Morgan fingerprint density at radius 1 is 1.06 bits per heavy atom. The molecule has 0 radical (unpaired) electrons. The number of amides is 2. The predicted molar refractivity (Wildman–Crippen MR) is 128 cm³/mol. The maximum atomic E-state index is 12.7. The second kappa shape index (κ2) is 10.7. The highest BCUT2D eigenvalue weighted by Gasteiger charge is 2.25. The third-order valence-corrected chi connectivity index (χ3v) is 6.15. The van der Waals surface area contributed by atoms with E-state index in [0.717, 1.165) is 11.3 Å². The Balaban J connectivity index is 1.65. The van der Waals surface area contributed by atoms with Crippen molar-refractivity contribution in [2.24, 2.45) is 13.0 Å².